The van der Waals surface area contributed by atoms with Gasteiger partial charge in [-0.05, 0) is 18.2 Å². The maximum atomic E-state index is 8.35. The Balaban J connectivity index is 2.87. The molecule has 0 unspecified atom stereocenters. The summed E-state index contributed by atoms with van der Waals surface area (Å²) in [5, 5.41) is 9.07. The van der Waals surface area contributed by atoms with Crippen LogP contribution in [0.3, 0.4) is 0 Å². The average molecular weight is 305 g/mol. The Labute approximate surface area is 93.8 Å². The molecular formula is C9H7Br2NO. The molecule has 0 saturated carbocycles. The highest BCUT2D eigenvalue weighted by molar-refractivity contribution is 9.10. The van der Waals surface area contributed by atoms with Crippen molar-refractivity contribution in [3.05, 3.63) is 28.2 Å². The molecule has 0 amide bonds. The van der Waals surface area contributed by atoms with Crippen molar-refractivity contribution < 1.29 is 4.74 Å². The van der Waals surface area contributed by atoms with Crippen molar-refractivity contribution in [2.75, 3.05) is 6.61 Å². The van der Waals surface area contributed by atoms with Gasteiger partial charge in [-0.1, -0.05) is 31.9 Å². The van der Waals surface area contributed by atoms with Gasteiger partial charge in [-0.3, -0.25) is 0 Å². The van der Waals surface area contributed by atoms with E-state index in [9.17, 15) is 0 Å². The molecule has 1 aromatic carbocycles. The van der Waals surface area contributed by atoms with Gasteiger partial charge in [0, 0.05) is 15.4 Å². The first-order valence-corrected chi connectivity index (χ1v) is 5.53. The summed E-state index contributed by atoms with van der Waals surface area (Å²) in [5.74, 6) is 0.752. The van der Waals surface area contributed by atoms with Gasteiger partial charge < -0.3 is 4.74 Å². The second-order valence-corrected chi connectivity index (χ2v) is 3.81. The minimum Gasteiger partial charge on any atom is -0.478 e. The van der Waals surface area contributed by atoms with Gasteiger partial charge in [0.1, 0.15) is 11.8 Å². The van der Waals surface area contributed by atoms with Crippen LogP contribution in [0, 0.1) is 11.3 Å². The van der Waals surface area contributed by atoms with Gasteiger partial charge in [0.25, 0.3) is 0 Å². The van der Waals surface area contributed by atoms with Crippen molar-refractivity contribution in [2.45, 2.75) is 5.33 Å². The predicted octanol–water partition coefficient (Wildman–Crippen LogP) is 3.25. The van der Waals surface area contributed by atoms with Gasteiger partial charge in [0.15, 0.2) is 6.61 Å². The second kappa shape index (κ2) is 5.25. The van der Waals surface area contributed by atoms with Crippen LogP contribution in [0.5, 0.6) is 5.75 Å². The third-order valence-corrected chi connectivity index (χ3v) is 2.56. The van der Waals surface area contributed by atoms with Crippen LogP contribution in [0.15, 0.2) is 22.7 Å². The standard InChI is InChI=1S/C9H7Br2NO/c10-6-7-5-8(11)1-2-9(7)13-4-3-12/h1-2,5H,4,6H2. The highest BCUT2D eigenvalue weighted by atomic mass is 79.9. The zero-order valence-electron chi connectivity index (χ0n) is 6.76. The zero-order valence-corrected chi connectivity index (χ0v) is 9.93. The van der Waals surface area contributed by atoms with E-state index in [-0.39, 0.29) is 6.61 Å². The minimum absolute atomic E-state index is 0.0850. The van der Waals surface area contributed by atoms with Gasteiger partial charge >= 0.3 is 0 Å². The molecule has 0 aliphatic rings. The lowest BCUT2D eigenvalue weighted by Gasteiger charge is -2.06. The lowest BCUT2D eigenvalue weighted by atomic mass is 10.2. The van der Waals surface area contributed by atoms with E-state index in [1.54, 1.807) is 0 Å². The van der Waals surface area contributed by atoms with E-state index >= 15 is 0 Å². The van der Waals surface area contributed by atoms with Gasteiger partial charge in [-0.2, -0.15) is 5.26 Å². The molecule has 2 nitrogen and oxygen atoms in total. The third-order valence-electron chi connectivity index (χ3n) is 1.46. The number of rotatable bonds is 3. The number of ether oxygens (including phenoxy) is 1. The molecule has 0 radical (unpaired) electrons. The molecule has 0 bridgehead atoms. The Bertz CT molecular complexity index is 333. The summed E-state index contributed by atoms with van der Waals surface area (Å²) in [6, 6.07) is 7.63. The van der Waals surface area contributed by atoms with Crippen molar-refractivity contribution in [1.29, 1.82) is 5.26 Å². The summed E-state index contributed by atoms with van der Waals surface area (Å²) >= 11 is 6.71. The molecule has 0 fully saturated rings. The summed E-state index contributed by atoms with van der Waals surface area (Å²) in [4.78, 5) is 0. The topological polar surface area (TPSA) is 33.0 Å². The third kappa shape index (κ3) is 3.02. The van der Waals surface area contributed by atoms with Crippen LogP contribution in [-0.2, 0) is 5.33 Å². The molecule has 4 heteroatoms. The van der Waals surface area contributed by atoms with E-state index in [1.165, 1.54) is 0 Å². The fraction of sp³-hybridized carbons (Fsp3) is 0.222. The van der Waals surface area contributed by atoms with Crippen molar-refractivity contribution >= 4 is 31.9 Å². The SMILES string of the molecule is N#CCOc1ccc(Br)cc1CBr. The monoisotopic (exact) mass is 303 g/mol. The fourth-order valence-corrected chi connectivity index (χ4v) is 1.75. The molecule has 0 spiro atoms. The minimum atomic E-state index is 0.0850. The Kier molecular flexibility index (Phi) is 4.26. The van der Waals surface area contributed by atoms with Crippen LogP contribution >= 0.6 is 31.9 Å². The summed E-state index contributed by atoms with van der Waals surface area (Å²) < 4.78 is 6.23. The van der Waals surface area contributed by atoms with Gasteiger partial charge in [-0.25, -0.2) is 0 Å². The zero-order chi connectivity index (χ0) is 9.68. The average Bonchev–Trinajstić information content (AvgIpc) is 2.16. The first-order valence-electron chi connectivity index (χ1n) is 3.62. The van der Waals surface area contributed by atoms with Crippen molar-refractivity contribution in [3.63, 3.8) is 0 Å². The van der Waals surface area contributed by atoms with E-state index < -0.39 is 0 Å². The number of nitrogens with zero attached hydrogens (tertiary/aromatic N) is 1. The molecule has 0 aliphatic heterocycles. The summed E-state index contributed by atoms with van der Waals surface area (Å²) in [6.07, 6.45) is 0. The maximum absolute atomic E-state index is 8.35. The Hall–Kier alpha value is -0.530. The molecule has 0 heterocycles. The number of alkyl halides is 1. The molecule has 1 rings (SSSR count). The van der Waals surface area contributed by atoms with Crippen LogP contribution in [0.1, 0.15) is 5.56 Å². The number of benzene rings is 1. The lowest BCUT2D eigenvalue weighted by Crippen LogP contribution is -1.96. The fourth-order valence-electron chi connectivity index (χ4n) is 0.903. The molecule has 0 aliphatic carbocycles. The molecule has 0 N–H and O–H groups in total. The molecule has 0 saturated heterocycles. The summed E-state index contributed by atoms with van der Waals surface area (Å²) in [6.45, 7) is 0.0850. The van der Waals surface area contributed by atoms with E-state index in [1.807, 2.05) is 24.3 Å². The normalized spacial score (nSPS) is 9.31. The highest BCUT2D eigenvalue weighted by Gasteiger charge is 2.02. The number of halogens is 2. The Morgan fingerprint density at radius 2 is 2.23 bits per heavy atom. The van der Waals surface area contributed by atoms with Crippen molar-refractivity contribution in [3.8, 4) is 11.8 Å². The highest BCUT2D eigenvalue weighted by Crippen LogP contribution is 2.24. The van der Waals surface area contributed by atoms with E-state index in [0.717, 1.165) is 15.8 Å². The number of nitriles is 1. The Morgan fingerprint density at radius 3 is 2.85 bits per heavy atom. The molecule has 0 aromatic heterocycles. The van der Waals surface area contributed by atoms with Crippen LogP contribution in [0.4, 0.5) is 0 Å². The number of hydrogen-bond donors (Lipinski definition) is 0. The molecule has 13 heavy (non-hydrogen) atoms. The predicted molar refractivity (Wildman–Crippen MR) is 57.9 cm³/mol. The Morgan fingerprint density at radius 1 is 1.46 bits per heavy atom. The van der Waals surface area contributed by atoms with E-state index in [2.05, 4.69) is 31.9 Å². The van der Waals surface area contributed by atoms with Crippen LogP contribution in [0.2, 0.25) is 0 Å². The van der Waals surface area contributed by atoms with Crippen LogP contribution in [-0.4, -0.2) is 6.61 Å². The second-order valence-electron chi connectivity index (χ2n) is 2.33. The lowest BCUT2D eigenvalue weighted by molar-refractivity contribution is 0.365. The van der Waals surface area contributed by atoms with E-state index in [0.29, 0.717) is 5.33 Å². The summed E-state index contributed by atoms with van der Waals surface area (Å²) in [5.41, 5.74) is 1.03. The van der Waals surface area contributed by atoms with Gasteiger partial charge in [0.05, 0.1) is 0 Å². The van der Waals surface area contributed by atoms with Crippen LogP contribution in [0.25, 0.3) is 0 Å². The van der Waals surface area contributed by atoms with Crippen molar-refractivity contribution in [1.82, 2.24) is 0 Å². The van der Waals surface area contributed by atoms with Crippen molar-refractivity contribution in [2.24, 2.45) is 0 Å². The maximum Gasteiger partial charge on any atom is 0.174 e. The smallest absolute Gasteiger partial charge is 0.174 e. The summed E-state index contributed by atoms with van der Waals surface area (Å²) in [7, 11) is 0. The first-order chi connectivity index (χ1) is 6.27. The first kappa shape index (κ1) is 10.6. The molecule has 0 atom stereocenters. The molecule has 1 aromatic rings. The largest absolute Gasteiger partial charge is 0.478 e. The van der Waals surface area contributed by atoms with Gasteiger partial charge in [-0.15, -0.1) is 0 Å². The van der Waals surface area contributed by atoms with E-state index in [4.69, 9.17) is 10.00 Å². The quantitative estimate of drug-likeness (QED) is 0.803. The number of hydrogen-bond acceptors (Lipinski definition) is 2. The molecule has 68 valence electrons. The van der Waals surface area contributed by atoms with Gasteiger partial charge in [0.2, 0.25) is 0 Å². The van der Waals surface area contributed by atoms with Crippen LogP contribution < -0.4 is 4.74 Å². The molecular weight excluding hydrogens is 298 g/mol.